The Balaban J connectivity index is 2.05. The zero-order valence-corrected chi connectivity index (χ0v) is 9.98. The highest BCUT2D eigenvalue weighted by Crippen LogP contribution is 2.12. The number of nitrogens with zero attached hydrogens (tertiary/aromatic N) is 1. The molecular weight excluding hydrogens is 220 g/mol. The molecule has 17 heavy (non-hydrogen) atoms. The highest BCUT2D eigenvalue weighted by Gasteiger charge is 2.24. The number of rotatable bonds is 5. The van der Waals surface area contributed by atoms with Gasteiger partial charge in [0.05, 0.1) is 6.54 Å². The zero-order valence-electron chi connectivity index (χ0n) is 9.98. The molecule has 0 saturated carbocycles. The second-order valence-electron chi connectivity index (χ2n) is 4.38. The van der Waals surface area contributed by atoms with Crippen molar-refractivity contribution in [3.63, 3.8) is 0 Å². The maximum atomic E-state index is 11.3. The van der Waals surface area contributed by atoms with Gasteiger partial charge in [-0.15, -0.1) is 0 Å². The first-order valence-electron chi connectivity index (χ1n) is 5.96. The summed E-state index contributed by atoms with van der Waals surface area (Å²) in [4.78, 5) is 13.6. The van der Waals surface area contributed by atoms with E-state index in [2.05, 4.69) is 17.1 Å². The summed E-state index contributed by atoms with van der Waals surface area (Å²) in [7, 11) is 0. The van der Waals surface area contributed by atoms with Gasteiger partial charge in [0, 0.05) is 25.2 Å². The van der Waals surface area contributed by atoms with Gasteiger partial charge in [0.25, 0.3) is 0 Å². The Morgan fingerprint density at radius 2 is 2.35 bits per heavy atom. The minimum absolute atomic E-state index is 0.332. The molecule has 1 aliphatic rings. The van der Waals surface area contributed by atoms with E-state index in [1.807, 2.05) is 0 Å². The van der Waals surface area contributed by atoms with E-state index < -0.39 is 0 Å². The summed E-state index contributed by atoms with van der Waals surface area (Å²) < 4.78 is 5.22. The maximum absolute atomic E-state index is 11.3. The SMILES string of the molecule is CCCN(Cc1cc(=O)c(O)co1)C1CNC1. The lowest BCUT2D eigenvalue weighted by Crippen LogP contribution is -2.57. The van der Waals surface area contributed by atoms with Gasteiger partial charge < -0.3 is 14.8 Å². The summed E-state index contributed by atoms with van der Waals surface area (Å²) in [6.07, 6.45) is 2.18. The summed E-state index contributed by atoms with van der Waals surface area (Å²) in [5.41, 5.74) is -0.380. The van der Waals surface area contributed by atoms with E-state index in [0.717, 1.165) is 32.3 Å². The molecule has 2 heterocycles. The molecule has 1 saturated heterocycles. The average molecular weight is 238 g/mol. The Hall–Kier alpha value is -1.33. The van der Waals surface area contributed by atoms with Gasteiger partial charge in [-0.25, -0.2) is 0 Å². The molecule has 0 atom stereocenters. The number of aromatic hydroxyl groups is 1. The van der Waals surface area contributed by atoms with E-state index in [1.165, 1.54) is 6.07 Å². The quantitative estimate of drug-likeness (QED) is 0.783. The molecule has 1 aromatic heterocycles. The van der Waals surface area contributed by atoms with Crippen molar-refractivity contribution >= 4 is 0 Å². The maximum Gasteiger partial charge on any atom is 0.226 e. The van der Waals surface area contributed by atoms with Gasteiger partial charge in [0.2, 0.25) is 5.43 Å². The third kappa shape index (κ3) is 2.87. The van der Waals surface area contributed by atoms with E-state index in [-0.39, 0.29) is 11.2 Å². The Kier molecular flexibility index (Phi) is 3.81. The Bertz CT molecular complexity index is 426. The van der Waals surface area contributed by atoms with Crippen molar-refractivity contribution in [1.29, 1.82) is 0 Å². The van der Waals surface area contributed by atoms with E-state index in [0.29, 0.717) is 18.3 Å². The molecule has 1 aromatic rings. The minimum Gasteiger partial charge on any atom is -0.502 e. The minimum atomic E-state index is -0.380. The summed E-state index contributed by atoms with van der Waals surface area (Å²) in [5, 5.41) is 12.4. The summed E-state index contributed by atoms with van der Waals surface area (Å²) in [6.45, 7) is 5.71. The zero-order chi connectivity index (χ0) is 12.3. The summed E-state index contributed by atoms with van der Waals surface area (Å²) in [6, 6.07) is 1.89. The monoisotopic (exact) mass is 238 g/mol. The van der Waals surface area contributed by atoms with Crippen molar-refractivity contribution in [2.45, 2.75) is 25.9 Å². The predicted molar refractivity (Wildman–Crippen MR) is 64.0 cm³/mol. The highest BCUT2D eigenvalue weighted by molar-refractivity contribution is 5.15. The van der Waals surface area contributed by atoms with Gasteiger partial charge in [-0.3, -0.25) is 9.69 Å². The summed E-state index contributed by atoms with van der Waals surface area (Å²) in [5.74, 6) is 0.272. The normalized spacial score (nSPS) is 16.1. The largest absolute Gasteiger partial charge is 0.502 e. The van der Waals surface area contributed by atoms with E-state index in [9.17, 15) is 4.79 Å². The second-order valence-corrected chi connectivity index (χ2v) is 4.38. The number of hydrogen-bond donors (Lipinski definition) is 2. The molecule has 0 aliphatic carbocycles. The Labute approximate surface area is 100 Å². The van der Waals surface area contributed by atoms with E-state index >= 15 is 0 Å². The lowest BCUT2D eigenvalue weighted by atomic mass is 10.1. The fourth-order valence-corrected chi connectivity index (χ4v) is 1.94. The Morgan fingerprint density at radius 3 is 2.88 bits per heavy atom. The van der Waals surface area contributed by atoms with Crippen molar-refractivity contribution in [2.24, 2.45) is 0 Å². The fourth-order valence-electron chi connectivity index (χ4n) is 1.94. The third-order valence-corrected chi connectivity index (χ3v) is 3.01. The van der Waals surface area contributed by atoms with Crippen LogP contribution in [-0.4, -0.2) is 35.7 Å². The van der Waals surface area contributed by atoms with Crippen LogP contribution in [0, 0.1) is 0 Å². The van der Waals surface area contributed by atoms with Crippen LogP contribution in [-0.2, 0) is 6.54 Å². The van der Waals surface area contributed by atoms with Crippen molar-refractivity contribution < 1.29 is 9.52 Å². The van der Waals surface area contributed by atoms with Gasteiger partial charge in [-0.2, -0.15) is 0 Å². The molecule has 0 unspecified atom stereocenters. The predicted octanol–water partition coefficient (Wildman–Crippen LogP) is 0.529. The van der Waals surface area contributed by atoms with E-state index in [1.54, 1.807) is 0 Å². The van der Waals surface area contributed by atoms with Crippen LogP contribution >= 0.6 is 0 Å². The van der Waals surface area contributed by atoms with Crippen LogP contribution in [0.1, 0.15) is 19.1 Å². The van der Waals surface area contributed by atoms with Gasteiger partial charge >= 0.3 is 0 Å². The highest BCUT2D eigenvalue weighted by atomic mass is 16.4. The number of nitrogens with one attached hydrogen (secondary N) is 1. The summed E-state index contributed by atoms with van der Waals surface area (Å²) >= 11 is 0. The first kappa shape index (κ1) is 12.1. The average Bonchev–Trinajstić information content (AvgIpc) is 2.21. The molecule has 2 rings (SSSR count). The molecule has 5 nitrogen and oxygen atoms in total. The van der Waals surface area contributed by atoms with Crippen molar-refractivity contribution in [1.82, 2.24) is 10.2 Å². The standard InChI is InChI=1S/C12H18N2O3/c1-2-3-14(9-5-13-6-9)7-10-4-11(15)12(16)8-17-10/h4,8-9,13,16H,2-3,5-7H2,1H3. The molecule has 0 amide bonds. The molecule has 5 heteroatoms. The van der Waals surface area contributed by atoms with Gasteiger partial charge in [0.1, 0.15) is 12.0 Å². The molecule has 0 bridgehead atoms. The van der Waals surface area contributed by atoms with Crippen molar-refractivity contribution in [2.75, 3.05) is 19.6 Å². The van der Waals surface area contributed by atoms with E-state index in [4.69, 9.17) is 9.52 Å². The molecule has 1 aliphatic heterocycles. The van der Waals surface area contributed by atoms with Gasteiger partial charge in [0.15, 0.2) is 5.75 Å². The first-order valence-corrected chi connectivity index (χ1v) is 5.96. The van der Waals surface area contributed by atoms with Crippen molar-refractivity contribution in [3.8, 4) is 5.75 Å². The van der Waals surface area contributed by atoms with Crippen LogP contribution in [0.15, 0.2) is 21.5 Å². The molecule has 0 aromatic carbocycles. The van der Waals surface area contributed by atoms with Crippen LogP contribution in [0.25, 0.3) is 0 Å². The molecular formula is C12H18N2O3. The lowest BCUT2D eigenvalue weighted by Gasteiger charge is -2.37. The fraction of sp³-hybridized carbons (Fsp3) is 0.583. The topological polar surface area (TPSA) is 65.7 Å². The van der Waals surface area contributed by atoms with Crippen LogP contribution in [0.2, 0.25) is 0 Å². The second kappa shape index (κ2) is 5.33. The third-order valence-electron chi connectivity index (χ3n) is 3.01. The molecule has 2 N–H and O–H groups in total. The number of hydrogen-bond acceptors (Lipinski definition) is 5. The molecule has 0 spiro atoms. The smallest absolute Gasteiger partial charge is 0.226 e. The van der Waals surface area contributed by atoms with Crippen molar-refractivity contribution in [3.05, 3.63) is 28.3 Å². The molecule has 1 fully saturated rings. The molecule has 0 radical (unpaired) electrons. The van der Waals surface area contributed by atoms with Crippen LogP contribution in [0.4, 0.5) is 0 Å². The molecule has 94 valence electrons. The van der Waals surface area contributed by atoms with Gasteiger partial charge in [-0.05, 0) is 13.0 Å². The first-order chi connectivity index (χ1) is 8.20. The van der Waals surface area contributed by atoms with Crippen LogP contribution in [0.3, 0.4) is 0 Å². The van der Waals surface area contributed by atoms with Gasteiger partial charge in [-0.1, -0.05) is 6.92 Å². The Morgan fingerprint density at radius 1 is 1.59 bits per heavy atom. The lowest BCUT2D eigenvalue weighted by molar-refractivity contribution is 0.127. The van der Waals surface area contributed by atoms with Crippen LogP contribution < -0.4 is 10.7 Å². The van der Waals surface area contributed by atoms with Crippen LogP contribution in [0.5, 0.6) is 5.75 Å².